The van der Waals surface area contributed by atoms with E-state index in [1.807, 2.05) is 36.4 Å². The van der Waals surface area contributed by atoms with Gasteiger partial charge >= 0.3 is 0 Å². The summed E-state index contributed by atoms with van der Waals surface area (Å²) in [5, 5.41) is 11.4. The minimum atomic E-state index is -1.74. The summed E-state index contributed by atoms with van der Waals surface area (Å²) in [7, 11) is 0. The number of rotatable bonds is 7. The zero-order valence-electron chi connectivity index (χ0n) is 13.1. The minimum Gasteiger partial charge on any atom is -0.372 e. The Morgan fingerprint density at radius 1 is 0.913 bits per heavy atom. The van der Waals surface area contributed by atoms with Crippen molar-refractivity contribution in [3.63, 3.8) is 0 Å². The Morgan fingerprint density at radius 3 is 1.65 bits per heavy atom. The molecule has 0 fully saturated rings. The summed E-state index contributed by atoms with van der Waals surface area (Å²) in [5.41, 5.74) is -0.669. The van der Waals surface area contributed by atoms with Gasteiger partial charge in [-0.25, -0.2) is 0 Å². The first-order valence-corrected chi connectivity index (χ1v) is 7.49. The number of benzene rings is 2. The van der Waals surface area contributed by atoms with Crippen LogP contribution in [0.3, 0.4) is 0 Å². The Morgan fingerprint density at radius 2 is 1.30 bits per heavy atom. The van der Waals surface area contributed by atoms with Crippen LogP contribution in [0.4, 0.5) is 0 Å². The molecule has 3 heteroatoms. The molecule has 0 spiro atoms. The molecule has 118 valence electrons. The lowest BCUT2D eigenvalue weighted by Crippen LogP contribution is -2.48. The van der Waals surface area contributed by atoms with Gasteiger partial charge in [0.1, 0.15) is 0 Å². The van der Waals surface area contributed by atoms with Gasteiger partial charge in [-0.1, -0.05) is 72.8 Å². The van der Waals surface area contributed by atoms with Crippen molar-refractivity contribution in [3.8, 4) is 0 Å². The van der Waals surface area contributed by atoms with Crippen molar-refractivity contribution >= 4 is 5.91 Å². The molecule has 2 aromatic carbocycles. The summed E-state index contributed by atoms with van der Waals surface area (Å²) >= 11 is 0. The van der Waals surface area contributed by atoms with Crippen LogP contribution in [0, 0.1) is 0 Å². The van der Waals surface area contributed by atoms with Crippen molar-refractivity contribution in [1.29, 1.82) is 0 Å². The quantitative estimate of drug-likeness (QED) is 0.798. The maximum absolute atomic E-state index is 13.1. The van der Waals surface area contributed by atoms with E-state index in [0.717, 1.165) is 0 Å². The lowest BCUT2D eigenvalue weighted by atomic mass is 9.85. The number of hydrogen-bond donors (Lipinski definition) is 1. The molecule has 0 aliphatic rings. The normalized spacial score (nSPS) is 10.8. The first kappa shape index (κ1) is 16.7. The Balaban J connectivity index is 2.56. The monoisotopic (exact) mass is 307 g/mol. The number of hydrogen-bond acceptors (Lipinski definition) is 2. The van der Waals surface area contributed by atoms with Crippen molar-refractivity contribution < 1.29 is 9.90 Å². The number of aliphatic hydroxyl groups is 1. The maximum atomic E-state index is 13.1. The molecule has 0 bridgehead atoms. The summed E-state index contributed by atoms with van der Waals surface area (Å²) in [6.07, 6.45) is 3.27. The van der Waals surface area contributed by atoms with Crippen LogP contribution >= 0.6 is 0 Å². The van der Waals surface area contributed by atoms with Gasteiger partial charge < -0.3 is 10.0 Å². The second-order valence-corrected chi connectivity index (χ2v) is 5.23. The highest BCUT2D eigenvalue weighted by Crippen LogP contribution is 2.31. The largest absolute Gasteiger partial charge is 0.372 e. The molecule has 1 N–H and O–H groups in total. The molecule has 2 rings (SSSR count). The fourth-order valence-electron chi connectivity index (χ4n) is 2.55. The SMILES string of the molecule is C=CCN(CC=C)C(=O)C(O)(c1ccccc1)c1ccccc1. The van der Waals surface area contributed by atoms with Gasteiger partial charge in [0.05, 0.1) is 0 Å². The molecule has 0 aliphatic carbocycles. The van der Waals surface area contributed by atoms with E-state index in [2.05, 4.69) is 13.2 Å². The van der Waals surface area contributed by atoms with Gasteiger partial charge in [0.2, 0.25) is 0 Å². The van der Waals surface area contributed by atoms with E-state index in [1.54, 1.807) is 36.4 Å². The van der Waals surface area contributed by atoms with Crippen LogP contribution in [-0.2, 0) is 10.4 Å². The Bertz CT molecular complexity index is 615. The smallest absolute Gasteiger partial charge is 0.264 e. The molecule has 0 unspecified atom stereocenters. The van der Waals surface area contributed by atoms with Gasteiger partial charge in [0.25, 0.3) is 5.91 Å². The number of carbonyl (C=O) groups excluding carboxylic acids is 1. The van der Waals surface area contributed by atoms with Crippen molar-refractivity contribution in [1.82, 2.24) is 4.90 Å². The van der Waals surface area contributed by atoms with E-state index in [-0.39, 0.29) is 0 Å². The molecule has 2 aromatic rings. The first-order valence-electron chi connectivity index (χ1n) is 7.49. The van der Waals surface area contributed by atoms with Gasteiger partial charge in [-0.3, -0.25) is 4.79 Å². The zero-order valence-corrected chi connectivity index (χ0v) is 13.1. The maximum Gasteiger partial charge on any atom is 0.264 e. The number of carbonyl (C=O) groups is 1. The van der Waals surface area contributed by atoms with E-state index in [4.69, 9.17) is 0 Å². The van der Waals surface area contributed by atoms with Gasteiger partial charge in [0, 0.05) is 13.1 Å². The summed E-state index contributed by atoms with van der Waals surface area (Å²) in [6.45, 7) is 8.05. The highest BCUT2D eigenvalue weighted by molar-refractivity contribution is 5.90. The van der Waals surface area contributed by atoms with Crippen molar-refractivity contribution in [3.05, 3.63) is 97.1 Å². The average Bonchev–Trinajstić information content (AvgIpc) is 2.61. The predicted octanol–water partition coefficient (Wildman–Crippen LogP) is 3.12. The lowest BCUT2D eigenvalue weighted by molar-refractivity contribution is -0.147. The zero-order chi connectivity index (χ0) is 16.7. The van der Waals surface area contributed by atoms with E-state index in [9.17, 15) is 9.90 Å². The van der Waals surface area contributed by atoms with E-state index in [1.165, 1.54) is 4.90 Å². The van der Waals surface area contributed by atoms with Crippen LogP contribution in [0.5, 0.6) is 0 Å². The van der Waals surface area contributed by atoms with E-state index in [0.29, 0.717) is 24.2 Å². The highest BCUT2D eigenvalue weighted by atomic mass is 16.3. The summed E-state index contributed by atoms with van der Waals surface area (Å²) in [4.78, 5) is 14.7. The molecule has 3 nitrogen and oxygen atoms in total. The van der Waals surface area contributed by atoms with Crippen molar-refractivity contribution in [2.75, 3.05) is 13.1 Å². The molecule has 0 radical (unpaired) electrons. The third-order valence-corrected chi connectivity index (χ3v) is 3.68. The van der Waals surface area contributed by atoms with Gasteiger partial charge in [-0.05, 0) is 11.1 Å². The molecule has 0 saturated heterocycles. The third-order valence-electron chi connectivity index (χ3n) is 3.68. The van der Waals surface area contributed by atoms with Crippen LogP contribution in [0.1, 0.15) is 11.1 Å². The topological polar surface area (TPSA) is 40.5 Å². The number of nitrogens with zero attached hydrogens (tertiary/aromatic N) is 1. The van der Waals surface area contributed by atoms with Crippen molar-refractivity contribution in [2.24, 2.45) is 0 Å². The van der Waals surface area contributed by atoms with Gasteiger partial charge in [0.15, 0.2) is 5.60 Å². The lowest BCUT2D eigenvalue weighted by Gasteiger charge is -2.33. The first-order chi connectivity index (χ1) is 11.1. The summed E-state index contributed by atoms with van der Waals surface area (Å²) < 4.78 is 0. The highest BCUT2D eigenvalue weighted by Gasteiger charge is 2.42. The van der Waals surface area contributed by atoms with Gasteiger partial charge in [-0.2, -0.15) is 0 Å². The third kappa shape index (κ3) is 3.41. The van der Waals surface area contributed by atoms with Crippen molar-refractivity contribution in [2.45, 2.75) is 5.60 Å². The van der Waals surface area contributed by atoms with Crippen LogP contribution in [0.25, 0.3) is 0 Å². The average molecular weight is 307 g/mol. The fourth-order valence-corrected chi connectivity index (χ4v) is 2.55. The molecule has 0 aliphatic heterocycles. The molecular formula is C20H21NO2. The minimum absolute atomic E-state index is 0.340. The molecule has 23 heavy (non-hydrogen) atoms. The molecular weight excluding hydrogens is 286 g/mol. The Kier molecular flexibility index (Phi) is 5.50. The fraction of sp³-hybridized carbons (Fsp3) is 0.150. The van der Waals surface area contributed by atoms with Gasteiger partial charge in [-0.15, -0.1) is 13.2 Å². The molecule has 0 atom stereocenters. The molecule has 0 aromatic heterocycles. The molecule has 0 heterocycles. The van der Waals surface area contributed by atoms with E-state index < -0.39 is 11.5 Å². The number of amides is 1. The second-order valence-electron chi connectivity index (χ2n) is 5.23. The Hall–Kier alpha value is -2.65. The van der Waals surface area contributed by atoms with E-state index >= 15 is 0 Å². The molecule has 0 saturated carbocycles. The van der Waals surface area contributed by atoms with Crippen LogP contribution in [0.15, 0.2) is 86.0 Å². The standard InChI is InChI=1S/C20H21NO2/c1-3-15-21(16-4-2)19(22)20(23,17-11-7-5-8-12-17)18-13-9-6-10-14-18/h3-14,23H,1-2,15-16H2. The molecule has 1 amide bonds. The second kappa shape index (κ2) is 7.56. The predicted molar refractivity (Wildman–Crippen MR) is 92.9 cm³/mol. The van der Waals surface area contributed by atoms with Crippen LogP contribution < -0.4 is 0 Å². The van der Waals surface area contributed by atoms with Crippen LogP contribution in [0.2, 0.25) is 0 Å². The van der Waals surface area contributed by atoms with Crippen LogP contribution in [-0.4, -0.2) is 29.0 Å². The summed E-state index contributed by atoms with van der Waals surface area (Å²) in [6, 6.07) is 18.0. The summed E-state index contributed by atoms with van der Waals surface area (Å²) in [5.74, 6) is -0.394. The Labute approximate surface area is 137 Å².